The molecular weight excluding hydrogens is 375 g/mol. The second kappa shape index (κ2) is 9.27. The molecular formula is C18H25FN2O5S. The molecule has 1 aliphatic rings. The number of sulfonamides is 1. The predicted molar refractivity (Wildman–Crippen MR) is 96.7 cm³/mol. The highest BCUT2D eigenvalue weighted by atomic mass is 32.2. The Morgan fingerprint density at radius 2 is 1.85 bits per heavy atom. The monoisotopic (exact) mass is 400 g/mol. The number of amides is 1. The van der Waals surface area contributed by atoms with Gasteiger partial charge in [-0.15, -0.1) is 0 Å². The summed E-state index contributed by atoms with van der Waals surface area (Å²) in [6.07, 6.45) is 0.740. The molecule has 1 fully saturated rings. The third-order valence-electron chi connectivity index (χ3n) is 4.50. The standard InChI is InChI=1S/C18H25FN2O5S/c1-13-8-11-21(12-9-13)18(23)14(2)26-17(22)7-10-20-27(24,25)16-5-3-15(19)4-6-16/h3-6,13-14,20H,7-12H2,1-2H3/t14-/m0/s1. The van der Waals surface area contributed by atoms with Crippen molar-refractivity contribution in [2.24, 2.45) is 5.92 Å². The van der Waals surface area contributed by atoms with Crippen molar-refractivity contribution in [3.05, 3.63) is 30.1 Å². The van der Waals surface area contributed by atoms with Gasteiger partial charge in [-0.05, 0) is 49.9 Å². The number of piperidine rings is 1. The number of benzene rings is 1. The van der Waals surface area contributed by atoms with Gasteiger partial charge in [0.05, 0.1) is 11.3 Å². The van der Waals surface area contributed by atoms with E-state index in [9.17, 15) is 22.4 Å². The first-order valence-electron chi connectivity index (χ1n) is 8.92. The third kappa shape index (κ3) is 6.28. The van der Waals surface area contributed by atoms with Crippen molar-refractivity contribution in [2.45, 2.75) is 44.1 Å². The summed E-state index contributed by atoms with van der Waals surface area (Å²) in [4.78, 5) is 25.8. The highest BCUT2D eigenvalue weighted by Gasteiger charge is 2.26. The second-order valence-electron chi connectivity index (χ2n) is 6.74. The van der Waals surface area contributed by atoms with Crippen molar-refractivity contribution in [3.8, 4) is 0 Å². The molecule has 1 saturated heterocycles. The predicted octanol–water partition coefficient (Wildman–Crippen LogP) is 1.68. The van der Waals surface area contributed by atoms with Crippen LogP contribution in [-0.2, 0) is 24.3 Å². The Hall–Kier alpha value is -2.00. The van der Waals surface area contributed by atoms with Crippen LogP contribution in [0.5, 0.6) is 0 Å². The molecule has 0 aromatic heterocycles. The lowest BCUT2D eigenvalue weighted by Crippen LogP contribution is -2.44. The van der Waals surface area contributed by atoms with Crippen LogP contribution in [0.4, 0.5) is 4.39 Å². The first-order valence-corrected chi connectivity index (χ1v) is 10.4. The molecule has 9 heteroatoms. The van der Waals surface area contributed by atoms with Crippen molar-refractivity contribution < 1.29 is 27.1 Å². The Kier molecular flexibility index (Phi) is 7.32. The van der Waals surface area contributed by atoms with Crippen LogP contribution in [-0.4, -0.2) is 50.9 Å². The Morgan fingerprint density at radius 3 is 2.44 bits per heavy atom. The van der Waals surface area contributed by atoms with Crippen molar-refractivity contribution in [3.63, 3.8) is 0 Å². The minimum atomic E-state index is -3.84. The van der Waals surface area contributed by atoms with Crippen LogP contribution in [0.25, 0.3) is 0 Å². The normalized spacial score (nSPS) is 16.8. The van der Waals surface area contributed by atoms with Gasteiger partial charge >= 0.3 is 5.97 Å². The van der Waals surface area contributed by atoms with E-state index in [1.807, 2.05) is 0 Å². The van der Waals surface area contributed by atoms with E-state index in [2.05, 4.69) is 11.6 Å². The molecule has 2 rings (SSSR count). The Bertz CT molecular complexity index is 758. The van der Waals surface area contributed by atoms with Crippen LogP contribution in [0.2, 0.25) is 0 Å². The average molecular weight is 400 g/mol. The quantitative estimate of drug-likeness (QED) is 0.703. The van der Waals surface area contributed by atoms with Gasteiger partial charge in [0, 0.05) is 19.6 Å². The Labute approximate surface area is 158 Å². The molecule has 1 heterocycles. The van der Waals surface area contributed by atoms with Gasteiger partial charge < -0.3 is 9.64 Å². The van der Waals surface area contributed by atoms with E-state index >= 15 is 0 Å². The maximum Gasteiger partial charge on any atom is 0.307 e. The van der Waals surface area contributed by atoms with Crippen LogP contribution >= 0.6 is 0 Å². The number of carbonyl (C=O) groups is 2. The summed E-state index contributed by atoms with van der Waals surface area (Å²) in [5.41, 5.74) is 0. The third-order valence-corrected chi connectivity index (χ3v) is 5.97. The van der Waals surface area contributed by atoms with E-state index in [1.54, 1.807) is 4.90 Å². The van der Waals surface area contributed by atoms with Gasteiger partial charge in [-0.3, -0.25) is 9.59 Å². The summed E-state index contributed by atoms with van der Waals surface area (Å²) in [5.74, 6) is -0.856. The minimum Gasteiger partial charge on any atom is -0.452 e. The lowest BCUT2D eigenvalue weighted by Gasteiger charge is -2.31. The number of likely N-dealkylation sites (tertiary alicyclic amines) is 1. The highest BCUT2D eigenvalue weighted by Crippen LogP contribution is 2.17. The van der Waals surface area contributed by atoms with Crippen molar-refractivity contribution in [2.75, 3.05) is 19.6 Å². The van der Waals surface area contributed by atoms with Crippen LogP contribution in [0.3, 0.4) is 0 Å². The van der Waals surface area contributed by atoms with Gasteiger partial charge in [0.1, 0.15) is 5.82 Å². The van der Waals surface area contributed by atoms with Crippen LogP contribution < -0.4 is 4.72 Å². The number of esters is 1. The van der Waals surface area contributed by atoms with Crippen LogP contribution in [0, 0.1) is 11.7 Å². The maximum absolute atomic E-state index is 12.9. The van der Waals surface area contributed by atoms with Crippen LogP contribution in [0.15, 0.2) is 29.2 Å². The van der Waals surface area contributed by atoms with E-state index < -0.39 is 27.9 Å². The molecule has 0 saturated carbocycles. The molecule has 0 bridgehead atoms. The molecule has 1 aromatic rings. The van der Waals surface area contributed by atoms with Gasteiger partial charge in [-0.2, -0.15) is 0 Å². The smallest absolute Gasteiger partial charge is 0.307 e. The number of halogens is 1. The highest BCUT2D eigenvalue weighted by molar-refractivity contribution is 7.89. The number of nitrogens with one attached hydrogen (secondary N) is 1. The fraction of sp³-hybridized carbons (Fsp3) is 0.556. The van der Waals surface area contributed by atoms with Crippen LogP contribution in [0.1, 0.15) is 33.1 Å². The molecule has 7 nitrogen and oxygen atoms in total. The summed E-state index contributed by atoms with van der Waals surface area (Å²) in [6, 6.07) is 4.35. The van der Waals surface area contributed by atoms with E-state index in [0.717, 1.165) is 37.1 Å². The molecule has 0 aliphatic carbocycles. The molecule has 1 N–H and O–H groups in total. The molecule has 0 unspecified atom stereocenters. The fourth-order valence-corrected chi connectivity index (χ4v) is 3.81. The second-order valence-corrected chi connectivity index (χ2v) is 8.51. The zero-order valence-electron chi connectivity index (χ0n) is 15.5. The fourth-order valence-electron chi connectivity index (χ4n) is 2.78. The maximum atomic E-state index is 12.9. The van der Waals surface area contributed by atoms with Gasteiger partial charge in [0.15, 0.2) is 6.10 Å². The number of carbonyl (C=O) groups excluding carboxylic acids is 2. The zero-order chi connectivity index (χ0) is 20.0. The Morgan fingerprint density at radius 1 is 1.26 bits per heavy atom. The summed E-state index contributed by atoms with van der Waals surface area (Å²) >= 11 is 0. The zero-order valence-corrected chi connectivity index (χ0v) is 16.3. The summed E-state index contributed by atoms with van der Waals surface area (Å²) < 4.78 is 44.3. The molecule has 0 radical (unpaired) electrons. The molecule has 150 valence electrons. The Balaban J connectivity index is 1.76. The molecule has 1 atom stereocenters. The summed E-state index contributed by atoms with van der Waals surface area (Å²) in [6.45, 7) is 4.78. The molecule has 27 heavy (non-hydrogen) atoms. The number of hydrogen-bond acceptors (Lipinski definition) is 5. The summed E-state index contributed by atoms with van der Waals surface area (Å²) in [5, 5.41) is 0. The van der Waals surface area contributed by atoms with E-state index in [1.165, 1.54) is 6.92 Å². The number of hydrogen-bond donors (Lipinski definition) is 1. The number of ether oxygens (including phenoxy) is 1. The molecule has 1 aliphatic heterocycles. The number of rotatable bonds is 7. The van der Waals surface area contributed by atoms with Crippen molar-refractivity contribution >= 4 is 21.9 Å². The van der Waals surface area contributed by atoms with E-state index in [4.69, 9.17) is 4.74 Å². The largest absolute Gasteiger partial charge is 0.452 e. The molecule has 1 aromatic carbocycles. The summed E-state index contributed by atoms with van der Waals surface area (Å²) in [7, 11) is -3.84. The molecule has 1 amide bonds. The van der Waals surface area contributed by atoms with Gasteiger partial charge in [-0.1, -0.05) is 6.92 Å². The number of nitrogens with zero attached hydrogens (tertiary/aromatic N) is 1. The van der Waals surface area contributed by atoms with Crippen molar-refractivity contribution in [1.82, 2.24) is 9.62 Å². The molecule has 0 spiro atoms. The average Bonchev–Trinajstić information content (AvgIpc) is 2.62. The van der Waals surface area contributed by atoms with Gasteiger partial charge in [0.2, 0.25) is 10.0 Å². The van der Waals surface area contributed by atoms with Crippen molar-refractivity contribution in [1.29, 1.82) is 0 Å². The van der Waals surface area contributed by atoms with Gasteiger partial charge in [-0.25, -0.2) is 17.5 Å². The van der Waals surface area contributed by atoms with Gasteiger partial charge in [0.25, 0.3) is 5.91 Å². The van der Waals surface area contributed by atoms with E-state index in [0.29, 0.717) is 19.0 Å². The lowest BCUT2D eigenvalue weighted by molar-refractivity contribution is -0.159. The first kappa shape index (κ1) is 21.3. The minimum absolute atomic E-state index is 0.0971. The SMILES string of the molecule is CC1CCN(C(=O)[C@H](C)OC(=O)CCNS(=O)(=O)c2ccc(F)cc2)CC1. The lowest BCUT2D eigenvalue weighted by atomic mass is 9.99. The topological polar surface area (TPSA) is 92.8 Å². The van der Waals surface area contributed by atoms with E-state index in [-0.39, 0.29) is 23.8 Å². The first-order chi connectivity index (χ1) is 12.7.